The molecule has 0 bridgehead atoms. The lowest BCUT2D eigenvalue weighted by Crippen LogP contribution is -2.45. The number of hydrogen-bond donors (Lipinski definition) is 1. The van der Waals surface area contributed by atoms with Crippen molar-refractivity contribution >= 4 is 22.8 Å². The van der Waals surface area contributed by atoms with Crippen molar-refractivity contribution in [1.82, 2.24) is 10.4 Å². The first-order chi connectivity index (χ1) is 10.3. The highest BCUT2D eigenvalue weighted by Crippen LogP contribution is 2.18. The van der Waals surface area contributed by atoms with Crippen molar-refractivity contribution in [2.45, 2.75) is 26.4 Å². The molecule has 0 spiro atoms. The average molecular weight is 300 g/mol. The molecule has 2 amide bonds. The van der Waals surface area contributed by atoms with Crippen molar-refractivity contribution in [3.8, 4) is 0 Å². The minimum absolute atomic E-state index is 0.356. The number of ether oxygens (including phenoxy) is 1. The number of carbonyl (C=O) groups is 2. The molecule has 0 heterocycles. The Hall–Kier alpha value is -2.56. The van der Waals surface area contributed by atoms with Crippen molar-refractivity contribution in [2.24, 2.45) is 0 Å². The van der Waals surface area contributed by atoms with Gasteiger partial charge in [-0.25, -0.2) is 9.80 Å². The minimum atomic E-state index is -0.616. The lowest BCUT2D eigenvalue weighted by molar-refractivity contribution is 0.0195. The van der Waals surface area contributed by atoms with E-state index in [1.165, 1.54) is 7.05 Å². The van der Waals surface area contributed by atoms with Crippen LogP contribution in [0.3, 0.4) is 0 Å². The third kappa shape index (κ3) is 3.75. The van der Waals surface area contributed by atoms with Crippen LogP contribution in [0.15, 0.2) is 42.5 Å². The zero-order valence-electron chi connectivity index (χ0n) is 13.2. The highest BCUT2D eigenvalue weighted by Gasteiger charge is 2.21. The molecule has 5 nitrogen and oxygen atoms in total. The molecule has 0 aromatic heterocycles. The molecule has 1 N–H and O–H groups in total. The summed E-state index contributed by atoms with van der Waals surface area (Å²) in [4.78, 5) is 24.3. The number of fused-ring (bicyclic) bond motifs is 1. The van der Waals surface area contributed by atoms with Crippen LogP contribution in [0.4, 0.5) is 4.79 Å². The maximum absolute atomic E-state index is 12.4. The first-order valence-corrected chi connectivity index (χ1v) is 7.03. The van der Waals surface area contributed by atoms with E-state index in [1.807, 2.05) is 36.4 Å². The van der Waals surface area contributed by atoms with Crippen LogP contribution in [0.2, 0.25) is 0 Å². The third-order valence-corrected chi connectivity index (χ3v) is 2.97. The number of amides is 2. The van der Waals surface area contributed by atoms with Gasteiger partial charge in [0.2, 0.25) is 0 Å². The third-order valence-electron chi connectivity index (χ3n) is 2.97. The van der Waals surface area contributed by atoms with Crippen LogP contribution in [0.1, 0.15) is 31.1 Å². The SMILES string of the molecule is CN(NC(=O)c1cccc2ccccc12)C(=O)OC(C)(C)C. The summed E-state index contributed by atoms with van der Waals surface area (Å²) >= 11 is 0. The molecular weight excluding hydrogens is 280 g/mol. The second-order valence-electron chi connectivity index (χ2n) is 6.01. The van der Waals surface area contributed by atoms with Crippen LogP contribution in [0, 0.1) is 0 Å². The molecule has 2 aromatic carbocycles. The summed E-state index contributed by atoms with van der Waals surface area (Å²) in [5.41, 5.74) is 2.42. The average Bonchev–Trinajstić information content (AvgIpc) is 2.44. The van der Waals surface area contributed by atoms with Gasteiger partial charge < -0.3 is 4.74 Å². The molecular formula is C17H20N2O3. The standard InChI is InChI=1S/C17H20N2O3/c1-17(2,3)22-16(21)19(4)18-15(20)14-11-7-9-12-8-5-6-10-13(12)14/h5-11H,1-4H3,(H,18,20). The van der Waals surface area contributed by atoms with Gasteiger partial charge >= 0.3 is 6.09 Å². The molecule has 22 heavy (non-hydrogen) atoms. The van der Waals surface area contributed by atoms with Crippen LogP contribution in [0.5, 0.6) is 0 Å². The number of carbonyl (C=O) groups excluding carboxylic acids is 2. The van der Waals surface area contributed by atoms with Crippen molar-refractivity contribution < 1.29 is 14.3 Å². The Bertz CT molecular complexity index is 699. The summed E-state index contributed by atoms with van der Waals surface area (Å²) in [6, 6.07) is 13.1. The van der Waals surface area contributed by atoms with E-state index in [2.05, 4.69) is 5.43 Å². The zero-order chi connectivity index (χ0) is 16.3. The molecule has 0 atom stereocenters. The summed E-state index contributed by atoms with van der Waals surface area (Å²) in [5.74, 6) is -0.356. The van der Waals surface area contributed by atoms with Crippen LogP contribution in [-0.2, 0) is 4.74 Å². The number of rotatable bonds is 1. The van der Waals surface area contributed by atoms with E-state index < -0.39 is 11.7 Å². The molecule has 116 valence electrons. The monoisotopic (exact) mass is 300 g/mol. The van der Waals surface area contributed by atoms with Gasteiger partial charge in [0.1, 0.15) is 5.60 Å². The Morgan fingerprint density at radius 3 is 2.36 bits per heavy atom. The Morgan fingerprint density at radius 1 is 1.05 bits per heavy atom. The zero-order valence-corrected chi connectivity index (χ0v) is 13.2. The lowest BCUT2D eigenvalue weighted by Gasteiger charge is -2.24. The van der Waals surface area contributed by atoms with E-state index in [9.17, 15) is 9.59 Å². The maximum Gasteiger partial charge on any atom is 0.428 e. The number of benzene rings is 2. The van der Waals surface area contributed by atoms with Gasteiger partial charge in [-0.15, -0.1) is 0 Å². The lowest BCUT2D eigenvalue weighted by atomic mass is 10.0. The highest BCUT2D eigenvalue weighted by molar-refractivity contribution is 6.07. The Balaban J connectivity index is 2.16. The van der Waals surface area contributed by atoms with Crippen LogP contribution in [0.25, 0.3) is 10.8 Å². The van der Waals surface area contributed by atoms with Crippen LogP contribution < -0.4 is 5.43 Å². The van der Waals surface area contributed by atoms with E-state index in [0.717, 1.165) is 15.8 Å². The van der Waals surface area contributed by atoms with Crippen LogP contribution >= 0.6 is 0 Å². The van der Waals surface area contributed by atoms with Gasteiger partial charge in [0, 0.05) is 12.6 Å². The largest absolute Gasteiger partial charge is 0.442 e. The molecule has 0 aliphatic rings. The number of nitrogens with zero attached hydrogens (tertiary/aromatic N) is 1. The van der Waals surface area contributed by atoms with Crippen molar-refractivity contribution in [1.29, 1.82) is 0 Å². The predicted octanol–water partition coefficient (Wildman–Crippen LogP) is 3.35. The molecule has 0 fully saturated rings. The van der Waals surface area contributed by atoms with Crippen LogP contribution in [-0.4, -0.2) is 29.7 Å². The Labute approximate surface area is 129 Å². The smallest absolute Gasteiger partial charge is 0.428 e. The van der Waals surface area contributed by atoms with Gasteiger partial charge in [0.25, 0.3) is 5.91 Å². The van der Waals surface area contributed by atoms with Crippen molar-refractivity contribution in [3.05, 3.63) is 48.0 Å². The molecule has 0 aliphatic heterocycles. The first-order valence-electron chi connectivity index (χ1n) is 7.03. The normalized spacial score (nSPS) is 11.1. The molecule has 0 radical (unpaired) electrons. The van der Waals surface area contributed by atoms with Crippen molar-refractivity contribution in [2.75, 3.05) is 7.05 Å². The molecule has 2 rings (SSSR count). The van der Waals surface area contributed by atoms with Crippen molar-refractivity contribution in [3.63, 3.8) is 0 Å². The second-order valence-corrected chi connectivity index (χ2v) is 6.01. The van der Waals surface area contributed by atoms with Gasteiger partial charge in [0.15, 0.2) is 0 Å². The molecule has 0 saturated heterocycles. The minimum Gasteiger partial charge on any atom is -0.442 e. The molecule has 0 aliphatic carbocycles. The van der Waals surface area contributed by atoms with E-state index in [1.54, 1.807) is 26.8 Å². The molecule has 5 heteroatoms. The van der Waals surface area contributed by atoms with E-state index >= 15 is 0 Å². The summed E-state index contributed by atoms with van der Waals surface area (Å²) < 4.78 is 5.20. The summed E-state index contributed by atoms with van der Waals surface area (Å²) in [7, 11) is 1.46. The maximum atomic E-state index is 12.4. The number of hydrazine groups is 1. The van der Waals surface area contributed by atoms with Gasteiger partial charge in [-0.05, 0) is 37.6 Å². The van der Waals surface area contributed by atoms with E-state index in [-0.39, 0.29) is 5.91 Å². The fraction of sp³-hybridized carbons (Fsp3) is 0.294. The fourth-order valence-corrected chi connectivity index (χ4v) is 2.01. The van der Waals surface area contributed by atoms with Gasteiger partial charge in [-0.3, -0.25) is 10.2 Å². The predicted molar refractivity (Wildman–Crippen MR) is 85.4 cm³/mol. The summed E-state index contributed by atoms with van der Waals surface area (Å²) in [6.07, 6.45) is -0.610. The number of nitrogens with one attached hydrogen (secondary N) is 1. The first kappa shape index (κ1) is 15.8. The molecule has 0 saturated carbocycles. The molecule has 2 aromatic rings. The van der Waals surface area contributed by atoms with Gasteiger partial charge in [0.05, 0.1) is 0 Å². The topological polar surface area (TPSA) is 58.6 Å². The highest BCUT2D eigenvalue weighted by atomic mass is 16.6. The Kier molecular flexibility index (Phi) is 4.35. The molecule has 0 unspecified atom stereocenters. The quantitative estimate of drug-likeness (QED) is 0.822. The van der Waals surface area contributed by atoms with E-state index in [0.29, 0.717) is 5.56 Å². The summed E-state index contributed by atoms with van der Waals surface area (Å²) in [6.45, 7) is 5.31. The summed E-state index contributed by atoms with van der Waals surface area (Å²) in [5, 5.41) is 2.85. The van der Waals surface area contributed by atoms with E-state index in [4.69, 9.17) is 4.74 Å². The second kappa shape index (κ2) is 6.05. The number of hydrogen-bond acceptors (Lipinski definition) is 3. The van der Waals surface area contributed by atoms with Gasteiger partial charge in [-0.1, -0.05) is 36.4 Å². The fourth-order valence-electron chi connectivity index (χ4n) is 2.01. The van der Waals surface area contributed by atoms with Gasteiger partial charge in [-0.2, -0.15) is 0 Å². The Morgan fingerprint density at radius 2 is 1.68 bits per heavy atom.